The SMILES string of the molecule is COC(=O)CCN(Cc1ccccc1)C(=O)c1cc(C2CC2)nc2c1c(C)nn2C(C)(C)C. The number of benzene rings is 1. The summed E-state index contributed by atoms with van der Waals surface area (Å²) >= 11 is 0. The minimum Gasteiger partial charge on any atom is -0.469 e. The number of ether oxygens (including phenoxy) is 1. The van der Waals surface area contributed by atoms with Crippen molar-refractivity contribution in [1.29, 1.82) is 0 Å². The van der Waals surface area contributed by atoms with Gasteiger partial charge < -0.3 is 9.64 Å². The maximum atomic E-state index is 14.0. The van der Waals surface area contributed by atoms with Crippen LogP contribution < -0.4 is 0 Å². The van der Waals surface area contributed by atoms with Gasteiger partial charge in [0.15, 0.2) is 5.65 Å². The number of hydrogen-bond donors (Lipinski definition) is 0. The van der Waals surface area contributed by atoms with Crippen molar-refractivity contribution in [1.82, 2.24) is 19.7 Å². The van der Waals surface area contributed by atoms with Crippen molar-refractivity contribution >= 4 is 22.9 Å². The largest absolute Gasteiger partial charge is 0.469 e. The summed E-state index contributed by atoms with van der Waals surface area (Å²) in [4.78, 5) is 32.5. The van der Waals surface area contributed by atoms with Crippen molar-refractivity contribution in [2.24, 2.45) is 0 Å². The quantitative estimate of drug-likeness (QED) is 0.495. The lowest BCUT2D eigenvalue weighted by Gasteiger charge is -2.24. The van der Waals surface area contributed by atoms with Crippen molar-refractivity contribution < 1.29 is 14.3 Å². The molecule has 4 rings (SSSR count). The lowest BCUT2D eigenvalue weighted by Crippen LogP contribution is -2.33. The molecule has 1 fully saturated rings. The molecule has 1 aliphatic carbocycles. The summed E-state index contributed by atoms with van der Waals surface area (Å²) in [5.74, 6) is -0.0630. The zero-order valence-electron chi connectivity index (χ0n) is 20.1. The Kier molecular flexibility index (Phi) is 6.23. The van der Waals surface area contributed by atoms with Crippen LogP contribution in [0.4, 0.5) is 0 Å². The summed E-state index contributed by atoms with van der Waals surface area (Å²) in [5.41, 5.74) is 3.83. The molecule has 33 heavy (non-hydrogen) atoms. The van der Waals surface area contributed by atoms with Gasteiger partial charge in [0, 0.05) is 24.7 Å². The summed E-state index contributed by atoms with van der Waals surface area (Å²) < 4.78 is 6.75. The summed E-state index contributed by atoms with van der Waals surface area (Å²) in [6, 6.07) is 11.8. The Hall–Kier alpha value is -3.22. The molecule has 1 aliphatic rings. The molecular formula is C26H32N4O3. The highest BCUT2D eigenvalue weighted by Crippen LogP contribution is 2.41. The number of methoxy groups -OCH3 is 1. The number of carbonyl (C=O) groups is 2. The van der Waals surface area contributed by atoms with E-state index in [0.29, 0.717) is 18.0 Å². The lowest BCUT2D eigenvalue weighted by molar-refractivity contribution is -0.140. The molecule has 7 heteroatoms. The molecule has 3 aromatic rings. The molecule has 0 aliphatic heterocycles. The molecule has 174 valence electrons. The molecule has 0 bridgehead atoms. The number of carbonyl (C=O) groups excluding carboxylic acids is 2. The van der Waals surface area contributed by atoms with Crippen molar-refractivity contribution in [3.63, 3.8) is 0 Å². The number of nitrogens with zero attached hydrogens (tertiary/aromatic N) is 4. The topological polar surface area (TPSA) is 77.3 Å². The van der Waals surface area contributed by atoms with Crippen LogP contribution in [0.2, 0.25) is 0 Å². The van der Waals surface area contributed by atoms with Gasteiger partial charge in [0.05, 0.1) is 35.7 Å². The number of rotatable bonds is 7. The van der Waals surface area contributed by atoms with Crippen LogP contribution in [0.25, 0.3) is 11.0 Å². The second-order valence-corrected chi connectivity index (χ2v) is 9.77. The predicted octanol–water partition coefficient (Wildman–Crippen LogP) is 4.58. The third-order valence-electron chi connectivity index (χ3n) is 6.01. The fraction of sp³-hybridized carbons (Fsp3) is 0.462. The molecule has 0 atom stereocenters. The van der Waals surface area contributed by atoms with E-state index in [1.807, 2.05) is 48.0 Å². The van der Waals surface area contributed by atoms with Crippen molar-refractivity contribution in [2.75, 3.05) is 13.7 Å². The molecule has 0 radical (unpaired) electrons. The van der Waals surface area contributed by atoms with Gasteiger partial charge in [0.2, 0.25) is 0 Å². The maximum absolute atomic E-state index is 14.0. The molecule has 1 amide bonds. The van der Waals surface area contributed by atoms with Gasteiger partial charge in [0.1, 0.15) is 0 Å². The molecule has 0 N–H and O–H groups in total. The van der Waals surface area contributed by atoms with Gasteiger partial charge >= 0.3 is 5.97 Å². The molecule has 7 nitrogen and oxygen atoms in total. The van der Waals surface area contributed by atoms with E-state index in [0.717, 1.165) is 40.8 Å². The van der Waals surface area contributed by atoms with Gasteiger partial charge in [-0.25, -0.2) is 9.67 Å². The number of amides is 1. The fourth-order valence-corrected chi connectivity index (χ4v) is 4.09. The van der Waals surface area contributed by atoms with Crippen molar-refractivity contribution in [3.05, 3.63) is 58.9 Å². The molecule has 2 aromatic heterocycles. The monoisotopic (exact) mass is 448 g/mol. The van der Waals surface area contributed by atoms with E-state index >= 15 is 0 Å². The average molecular weight is 449 g/mol. The van der Waals surface area contributed by atoms with Crippen molar-refractivity contribution in [3.8, 4) is 0 Å². The van der Waals surface area contributed by atoms with Gasteiger partial charge in [-0.2, -0.15) is 5.10 Å². The van der Waals surface area contributed by atoms with Crippen LogP contribution >= 0.6 is 0 Å². The van der Waals surface area contributed by atoms with E-state index < -0.39 is 0 Å². The number of fused-ring (bicyclic) bond motifs is 1. The van der Waals surface area contributed by atoms with Gasteiger partial charge in [0.25, 0.3) is 5.91 Å². The van der Waals surface area contributed by atoms with Crippen LogP contribution in [-0.4, -0.2) is 45.2 Å². The molecule has 0 saturated heterocycles. The summed E-state index contributed by atoms with van der Waals surface area (Å²) in [6.07, 6.45) is 2.31. The first-order valence-corrected chi connectivity index (χ1v) is 11.5. The summed E-state index contributed by atoms with van der Waals surface area (Å²) in [5, 5.41) is 5.55. The summed E-state index contributed by atoms with van der Waals surface area (Å²) in [7, 11) is 1.37. The van der Waals surface area contributed by atoms with Crippen LogP contribution in [0.5, 0.6) is 0 Å². The van der Waals surface area contributed by atoms with E-state index in [9.17, 15) is 9.59 Å². The van der Waals surface area contributed by atoms with E-state index in [1.54, 1.807) is 4.90 Å². The normalized spacial score (nSPS) is 13.8. The Bertz CT molecular complexity index is 1170. The van der Waals surface area contributed by atoms with E-state index in [1.165, 1.54) is 7.11 Å². The number of hydrogen-bond acceptors (Lipinski definition) is 5. The molecule has 0 unspecified atom stereocenters. The fourth-order valence-electron chi connectivity index (χ4n) is 4.09. The van der Waals surface area contributed by atoms with Crippen LogP contribution in [-0.2, 0) is 21.6 Å². The number of esters is 1. The zero-order chi connectivity index (χ0) is 23.8. The van der Waals surface area contributed by atoms with Gasteiger partial charge in [-0.1, -0.05) is 30.3 Å². The third kappa shape index (κ3) is 4.92. The second-order valence-electron chi connectivity index (χ2n) is 9.77. The standard InChI is InChI=1S/C26H32N4O3/c1-17-23-20(15-21(19-11-12-19)27-24(23)30(28-17)26(2,3)4)25(32)29(14-13-22(31)33-5)16-18-9-7-6-8-10-18/h6-10,15,19H,11-14,16H2,1-5H3. The Balaban J connectivity index is 1.80. The van der Waals surface area contributed by atoms with Gasteiger partial charge in [-0.05, 0) is 52.2 Å². The minimum atomic E-state index is -0.337. The first-order valence-electron chi connectivity index (χ1n) is 11.5. The van der Waals surface area contributed by atoms with Crippen LogP contribution in [0.3, 0.4) is 0 Å². The second kappa shape index (κ2) is 8.96. The van der Waals surface area contributed by atoms with E-state index in [2.05, 4.69) is 20.8 Å². The first-order chi connectivity index (χ1) is 15.7. The molecule has 2 heterocycles. The summed E-state index contributed by atoms with van der Waals surface area (Å²) in [6.45, 7) is 8.87. The molecule has 0 spiro atoms. The number of pyridine rings is 1. The van der Waals surface area contributed by atoms with Crippen molar-refractivity contribution in [2.45, 2.75) is 65.0 Å². The number of aromatic nitrogens is 3. The zero-order valence-corrected chi connectivity index (χ0v) is 20.1. The highest BCUT2D eigenvalue weighted by Gasteiger charge is 2.31. The molecule has 1 aromatic carbocycles. The van der Waals surface area contributed by atoms with Crippen LogP contribution in [0.15, 0.2) is 36.4 Å². The van der Waals surface area contributed by atoms with E-state index in [4.69, 9.17) is 14.8 Å². The van der Waals surface area contributed by atoms with Crippen LogP contribution in [0, 0.1) is 6.92 Å². The van der Waals surface area contributed by atoms with E-state index in [-0.39, 0.29) is 30.4 Å². The number of aryl methyl sites for hydroxylation is 1. The Morgan fingerprint density at radius 3 is 2.48 bits per heavy atom. The highest BCUT2D eigenvalue weighted by atomic mass is 16.5. The Labute approximate surface area is 194 Å². The Morgan fingerprint density at radius 2 is 1.88 bits per heavy atom. The average Bonchev–Trinajstić information content (AvgIpc) is 3.58. The smallest absolute Gasteiger partial charge is 0.307 e. The lowest BCUT2D eigenvalue weighted by atomic mass is 10.0. The van der Waals surface area contributed by atoms with Crippen LogP contribution in [0.1, 0.15) is 73.3 Å². The van der Waals surface area contributed by atoms with Gasteiger partial charge in [-0.3, -0.25) is 9.59 Å². The minimum absolute atomic E-state index is 0.117. The predicted molar refractivity (Wildman–Crippen MR) is 127 cm³/mol. The highest BCUT2D eigenvalue weighted by molar-refractivity contribution is 6.06. The molecule has 1 saturated carbocycles. The molecular weight excluding hydrogens is 416 g/mol. The van der Waals surface area contributed by atoms with Gasteiger partial charge in [-0.15, -0.1) is 0 Å². The third-order valence-corrected chi connectivity index (χ3v) is 6.01. The Morgan fingerprint density at radius 1 is 1.18 bits per heavy atom. The first kappa shape index (κ1) is 23.0. The maximum Gasteiger partial charge on any atom is 0.307 e.